The molecular weight excluding hydrogens is 402 g/mol. The van der Waals surface area contributed by atoms with E-state index in [-0.39, 0.29) is 35.5 Å². The fourth-order valence-electron chi connectivity index (χ4n) is 5.67. The lowest BCUT2D eigenvalue weighted by atomic mass is 9.66. The molecule has 3 aliphatic rings. The number of likely N-dealkylation sites (tertiary alicyclic amines) is 1. The Morgan fingerprint density at radius 2 is 2.00 bits per heavy atom. The van der Waals surface area contributed by atoms with Crippen molar-refractivity contribution in [1.82, 2.24) is 15.5 Å². The van der Waals surface area contributed by atoms with E-state index >= 15 is 0 Å². The Morgan fingerprint density at radius 3 is 2.63 bits per heavy atom. The van der Waals surface area contributed by atoms with E-state index in [0.29, 0.717) is 6.54 Å². The molecule has 1 aromatic carbocycles. The van der Waals surface area contributed by atoms with E-state index in [2.05, 4.69) is 17.6 Å². The Labute approximate surface area is 181 Å². The number of hydrogen-bond donors (Lipinski definition) is 3. The Kier molecular flexibility index (Phi) is 5.57. The van der Waals surface area contributed by atoms with Crippen LogP contribution in [0.1, 0.15) is 25.8 Å². The molecule has 3 N–H and O–H groups in total. The third kappa shape index (κ3) is 2.95. The van der Waals surface area contributed by atoms with Crippen molar-refractivity contribution in [2.24, 2.45) is 17.8 Å². The van der Waals surface area contributed by atoms with Crippen molar-refractivity contribution in [3.63, 3.8) is 0 Å². The number of benzene rings is 1. The van der Waals surface area contributed by atoms with Crippen molar-refractivity contribution in [1.29, 1.82) is 0 Å². The molecule has 7 atom stereocenters. The van der Waals surface area contributed by atoms with Crippen molar-refractivity contribution < 1.29 is 19.5 Å². The van der Waals surface area contributed by atoms with E-state index in [4.69, 9.17) is 0 Å². The molecule has 1 aromatic rings. The van der Waals surface area contributed by atoms with Crippen LogP contribution in [-0.2, 0) is 20.9 Å². The van der Waals surface area contributed by atoms with Gasteiger partial charge in [-0.2, -0.15) is 0 Å². The van der Waals surface area contributed by atoms with Crippen LogP contribution < -0.4 is 10.6 Å². The average molecular weight is 432 g/mol. The highest BCUT2D eigenvalue weighted by Gasteiger charge is 2.76. The topological polar surface area (TPSA) is 98.7 Å². The van der Waals surface area contributed by atoms with Gasteiger partial charge in [0.05, 0.1) is 29.2 Å². The second-order valence-electron chi connectivity index (χ2n) is 8.65. The fraction of sp³-hybridized carbons (Fsp3) is 0.591. The normalized spacial score (nSPS) is 35.3. The van der Waals surface area contributed by atoms with Crippen molar-refractivity contribution in [2.75, 3.05) is 13.7 Å². The number of nitrogens with zero attached hydrogens (tertiary/aromatic N) is 1. The van der Waals surface area contributed by atoms with Crippen LogP contribution in [0.25, 0.3) is 0 Å². The molecular formula is C22H29N3O4S. The molecule has 8 heteroatoms. The van der Waals surface area contributed by atoms with Crippen LogP contribution in [0.5, 0.6) is 0 Å². The van der Waals surface area contributed by atoms with Gasteiger partial charge in [0.1, 0.15) is 6.04 Å². The van der Waals surface area contributed by atoms with Gasteiger partial charge in [0.2, 0.25) is 17.7 Å². The predicted octanol–water partition coefficient (Wildman–Crippen LogP) is 0.767. The maximum absolute atomic E-state index is 13.6. The molecule has 0 radical (unpaired) electrons. The number of thioether (sulfide) groups is 1. The molecule has 2 bridgehead atoms. The molecule has 3 heterocycles. The summed E-state index contributed by atoms with van der Waals surface area (Å²) >= 11 is 1.64. The lowest BCUT2D eigenvalue weighted by Crippen LogP contribution is -2.58. The molecule has 30 heavy (non-hydrogen) atoms. The van der Waals surface area contributed by atoms with E-state index < -0.39 is 28.7 Å². The number of carbonyl (C=O) groups excluding carboxylic acids is 3. The van der Waals surface area contributed by atoms with Crippen molar-refractivity contribution in [2.45, 2.75) is 48.9 Å². The number of aliphatic hydroxyl groups excluding tert-OH is 1. The van der Waals surface area contributed by atoms with Gasteiger partial charge in [-0.15, -0.1) is 11.8 Å². The third-order valence-electron chi connectivity index (χ3n) is 7.03. The van der Waals surface area contributed by atoms with Gasteiger partial charge in [-0.25, -0.2) is 0 Å². The Morgan fingerprint density at radius 1 is 1.30 bits per heavy atom. The monoisotopic (exact) mass is 431 g/mol. The molecule has 162 valence electrons. The fourth-order valence-corrected chi connectivity index (χ4v) is 8.08. The van der Waals surface area contributed by atoms with Gasteiger partial charge in [-0.3, -0.25) is 14.4 Å². The van der Waals surface area contributed by atoms with Gasteiger partial charge >= 0.3 is 0 Å². The summed E-state index contributed by atoms with van der Waals surface area (Å²) in [5.74, 6) is -1.41. The molecule has 3 amide bonds. The van der Waals surface area contributed by atoms with Crippen LogP contribution in [0.4, 0.5) is 0 Å². The van der Waals surface area contributed by atoms with E-state index in [1.807, 2.05) is 30.3 Å². The zero-order chi connectivity index (χ0) is 21.6. The minimum absolute atomic E-state index is 0.0323. The first kappa shape index (κ1) is 21.2. The highest BCUT2D eigenvalue weighted by atomic mass is 32.2. The standard InChI is InChI=1S/C22H29N3O4S/c1-12-9-15-16(19(27)23-3)17-21(29)25(13(2)11-26)18(22(12,17)30-15)20(28)24-10-14-7-5-4-6-8-14/h4-8,12-13,15-18,26H,9-11H2,1-3H3,(H,23,27)(H,24,28)/t12?,13-,15-,16+,17+,18?,22?/m1/s1. The van der Waals surface area contributed by atoms with E-state index in [9.17, 15) is 19.5 Å². The molecule has 0 aromatic heterocycles. The summed E-state index contributed by atoms with van der Waals surface area (Å²) in [6.45, 7) is 3.97. The molecule has 3 saturated heterocycles. The summed E-state index contributed by atoms with van der Waals surface area (Å²) in [4.78, 5) is 41.3. The van der Waals surface area contributed by atoms with Gasteiger partial charge < -0.3 is 20.6 Å². The highest BCUT2D eigenvalue weighted by Crippen LogP contribution is 2.68. The first-order valence-electron chi connectivity index (χ1n) is 10.5. The summed E-state index contributed by atoms with van der Waals surface area (Å²) in [6, 6.07) is 8.43. The van der Waals surface area contributed by atoms with Crippen molar-refractivity contribution in [3.05, 3.63) is 35.9 Å². The van der Waals surface area contributed by atoms with Gasteiger partial charge in [-0.05, 0) is 24.8 Å². The van der Waals surface area contributed by atoms with Crippen LogP contribution in [-0.4, -0.2) is 63.5 Å². The summed E-state index contributed by atoms with van der Waals surface area (Å²) in [5, 5.41) is 15.6. The smallest absolute Gasteiger partial charge is 0.244 e. The largest absolute Gasteiger partial charge is 0.394 e. The molecule has 4 rings (SSSR count). The molecule has 3 aliphatic heterocycles. The zero-order valence-corrected chi connectivity index (χ0v) is 18.3. The lowest BCUT2D eigenvalue weighted by molar-refractivity contribution is -0.142. The van der Waals surface area contributed by atoms with Crippen molar-refractivity contribution in [3.8, 4) is 0 Å². The second-order valence-corrected chi connectivity index (χ2v) is 10.2. The Hall–Kier alpha value is -2.06. The minimum Gasteiger partial charge on any atom is -0.394 e. The van der Waals surface area contributed by atoms with E-state index in [1.165, 1.54) is 0 Å². The first-order chi connectivity index (χ1) is 14.4. The maximum Gasteiger partial charge on any atom is 0.244 e. The number of rotatable bonds is 6. The van der Waals surface area contributed by atoms with Gasteiger partial charge in [0, 0.05) is 18.8 Å². The predicted molar refractivity (Wildman–Crippen MR) is 114 cm³/mol. The van der Waals surface area contributed by atoms with Crippen LogP contribution in [0.2, 0.25) is 0 Å². The summed E-state index contributed by atoms with van der Waals surface area (Å²) in [6.07, 6.45) is 0.802. The number of aliphatic hydroxyl groups is 1. The number of fused-ring (bicyclic) bond motifs is 1. The zero-order valence-electron chi connectivity index (χ0n) is 17.5. The van der Waals surface area contributed by atoms with Crippen molar-refractivity contribution >= 4 is 29.5 Å². The van der Waals surface area contributed by atoms with Crippen LogP contribution in [0, 0.1) is 17.8 Å². The summed E-state index contributed by atoms with van der Waals surface area (Å²) in [7, 11) is 1.59. The number of hydrogen-bond acceptors (Lipinski definition) is 5. The molecule has 0 saturated carbocycles. The number of amides is 3. The molecule has 7 nitrogen and oxygen atoms in total. The highest BCUT2D eigenvalue weighted by molar-refractivity contribution is 8.02. The molecule has 1 spiro atoms. The summed E-state index contributed by atoms with van der Waals surface area (Å²) in [5.41, 5.74) is 0.977. The van der Waals surface area contributed by atoms with Crippen LogP contribution >= 0.6 is 11.8 Å². The quantitative estimate of drug-likeness (QED) is 0.618. The average Bonchev–Trinajstić information content (AvgIpc) is 3.35. The molecule has 3 fully saturated rings. The van der Waals surface area contributed by atoms with E-state index in [0.717, 1.165) is 12.0 Å². The van der Waals surface area contributed by atoms with Gasteiger partial charge in [0.15, 0.2) is 0 Å². The number of nitrogens with one attached hydrogen (secondary N) is 2. The second kappa shape index (κ2) is 7.89. The van der Waals surface area contributed by atoms with Crippen LogP contribution in [0.3, 0.4) is 0 Å². The number of carbonyl (C=O) groups is 3. The van der Waals surface area contributed by atoms with Gasteiger partial charge in [0.25, 0.3) is 0 Å². The first-order valence-corrected chi connectivity index (χ1v) is 11.4. The lowest BCUT2D eigenvalue weighted by Gasteiger charge is -2.39. The maximum atomic E-state index is 13.6. The Balaban J connectivity index is 1.70. The Bertz CT molecular complexity index is 850. The van der Waals surface area contributed by atoms with Crippen LogP contribution in [0.15, 0.2) is 30.3 Å². The minimum atomic E-state index is -0.708. The molecule has 3 unspecified atom stereocenters. The third-order valence-corrected chi connectivity index (χ3v) is 9.11. The molecule has 0 aliphatic carbocycles. The summed E-state index contributed by atoms with van der Waals surface area (Å²) < 4.78 is -0.650. The SMILES string of the molecule is CNC(=O)[C@@H]1[C@H]2C(=O)N([C@H](C)CO)C(C(=O)NCc3ccccc3)C23S[C@@H]1CC3C. The van der Waals surface area contributed by atoms with E-state index in [1.54, 1.807) is 30.6 Å². The van der Waals surface area contributed by atoms with Gasteiger partial charge in [-0.1, -0.05) is 37.3 Å².